The van der Waals surface area contributed by atoms with Gasteiger partial charge in [-0.1, -0.05) is 17.7 Å². The summed E-state index contributed by atoms with van der Waals surface area (Å²) in [7, 11) is -7.08. The first-order valence-electron chi connectivity index (χ1n) is 7.21. The third-order valence-electron chi connectivity index (χ3n) is 3.47. The molecule has 0 unspecified atom stereocenters. The largest absolute Gasteiger partial charge is 0.374 e. The normalized spacial score (nSPS) is 22.9. The van der Waals surface area contributed by atoms with Crippen LogP contribution in [-0.2, 0) is 29.1 Å². The van der Waals surface area contributed by atoms with E-state index in [1.807, 2.05) is 6.92 Å². The first-order valence-corrected chi connectivity index (χ1v) is 10.5. The second kappa shape index (κ2) is 7.27. The number of sulfonamides is 1. The van der Waals surface area contributed by atoms with Crippen LogP contribution in [0.25, 0.3) is 0 Å². The average Bonchev–Trinajstić information content (AvgIpc) is 2.45. The van der Waals surface area contributed by atoms with Gasteiger partial charge in [0.25, 0.3) is 10.1 Å². The Balaban J connectivity index is 1.84. The van der Waals surface area contributed by atoms with Crippen molar-refractivity contribution in [2.75, 3.05) is 19.5 Å². The third-order valence-corrected chi connectivity index (χ3v) is 5.53. The lowest BCUT2D eigenvalue weighted by atomic mass is 10.1. The average molecular weight is 363 g/mol. The van der Waals surface area contributed by atoms with Gasteiger partial charge in [0.2, 0.25) is 10.0 Å². The van der Waals surface area contributed by atoms with Crippen molar-refractivity contribution >= 4 is 20.1 Å². The summed E-state index contributed by atoms with van der Waals surface area (Å²) in [6.07, 6.45) is 1.83. The molecule has 2 atom stereocenters. The van der Waals surface area contributed by atoms with Crippen molar-refractivity contribution in [3.63, 3.8) is 0 Å². The topological polar surface area (TPSA) is 98.8 Å². The maximum atomic E-state index is 12.1. The molecule has 1 aromatic rings. The van der Waals surface area contributed by atoms with Gasteiger partial charge in [-0.3, -0.25) is 4.18 Å². The lowest BCUT2D eigenvalue weighted by Gasteiger charge is -2.28. The van der Waals surface area contributed by atoms with Gasteiger partial charge in [0.1, 0.15) is 0 Å². The number of nitrogens with one attached hydrogen (secondary N) is 1. The van der Waals surface area contributed by atoms with E-state index in [0.29, 0.717) is 12.8 Å². The number of benzene rings is 1. The summed E-state index contributed by atoms with van der Waals surface area (Å²) in [5.41, 5.74) is 0.962. The highest BCUT2D eigenvalue weighted by Gasteiger charge is 2.26. The van der Waals surface area contributed by atoms with Gasteiger partial charge in [-0.05, 0) is 31.9 Å². The monoisotopic (exact) mass is 363 g/mol. The van der Waals surface area contributed by atoms with E-state index in [1.165, 1.54) is 12.1 Å². The lowest BCUT2D eigenvalue weighted by molar-refractivity contribution is -0.0211. The zero-order valence-electron chi connectivity index (χ0n) is 13.1. The standard InChI is InChI=1S/C14H21NO6S2/c1-11-3-7-14(8-4-11)23(18,19)21-10-13-6-5-12(9-20-13)15-22(2,16)17/h3-4,7-8,12-13,15H,5-6,9-10H2,1-2H3/t12-,13+/m1/s1. The van der Waals surface area contributed by atoms with Crippen molar-refractivity contribution in [2.24, 2.45) is 0 Å². The van der Waals surface area contributed by atoms with Crippen LogP contribution in [0.2, 0.25) is 0 Å². The van der Waals surface area contributed by atoms with Crippen LogP contribution in [-0.4, -0.2) is 48.5 Å². The zero-order chi connectivity index (χ0) is 17.1. The molecule has 0 aromatic heterocycles. The zero-order valence-corrected chi connectivity index (χ0v) is 14.7. The number of ether oxygens (including phenoxy) is 1. The molecule has 0 spiro atoms. The van der Waals surface area contributed by atoms with E-state index in [0.717, 1.165) is 11.8 Å². The highest BCUT2D eigenvalue weighted by Crippen LogP contribution is 2.18. The van der Waals surface area contributed by atoms with Crippen molar-refractivity contribution in [1.82, 2.24) is 4.72 Å². The maximum absolute atomic E-state index is 12.1. The predicted molar refractivity (Wildman–Crippen MR) is 85.1 cm³/mol. The smallest absolute Gasteiger partial charge is 0.297 e. The first-order chi connectivity index (χ1) is 10.7. The fraction of sp³-hybridized carbons (Fsp3) is 0.571. The van der Waals surface area contributed by atoms with Crippen LogP contribution in [0, 0.1) is 6.92 Å². The van der Waals surface area contributed by atoms with Gasteiger partial charge in [0.15, 0.2) is 0 Å². The quantitative estimate of drug-likeness (QED) is 0.751. The molecule has 0 aliphatic carbocycles. The number of hydrogen-bond acceptors (Lipinski definition) is 6. The molecule has 130 valence electrons. The number of rotatable bonds is 6. The van der Waals surface area contributed by atoms with E-state index < -0.39 is 20.1 Å². The molecule has 9 heteroatoms. The molecule has 1 aromatic carbocycles. The van der Waals surface area contributed by atoms with Crippen molar-refractivity contribution in [2.45, 2.75) is 36.8 Å². The molecule has 0 bridgehead atoms. The number of hydrogen-bond donors (Lipinski definition) is 1. The molecule has 1 fully saturated rings. The Morgan fingerprint density at radius 1 is 1.17 bits per heavy atom. The van der Waals surface area contributed by atoms with Crippen molar-refractivity contribution in [1.29, 1.82) is 0 Å². The van der Waals surface area contributed by atoms with Crippen LogP contribution < -0.4 is 4.72 Å². The molecule has 0 saturated carbocycles. The van der Waals surface area contributed by atoms with E-state index >= 15 is 0 Å². The van der Waals surface area contributed by atoms with E-state index in [-0.39, 0.29) is 30.3 Å². The van der Waals surface area contributed by atoms with Crippen molar-refractivity contribution in [3.8, 4) is 0 Å². The van der Waals surface area contributed by atoms with Gasteiger partial charge in [-0.2, -0.15) is 8.42 Å². The molecule has 1 aliphatic heterocycles. The summed E-state index contributed by atoms with van der Waals surface area (Å²) in [4.78, 5) is 0.107. The Bertz CT molecular complexity index is 719. The molecule has 23 heavy (non-hydrogen) atoms. The molecule has 0 amide bonds. The second-order valence-electron chi connectivity index (χ2n) is 5.67. The second-order valence-corrected chi connectivity index (χ2v) is 9.07. The molecule has 1 saturated heterocycles. The molecular weight excluding hydrogens is 342 g/mol. The molecule has 2 rings (SSSR count). The van der Waals surface area contributed by atoms with Crippen LogP contribution >= 0.6 is 0 Å². The molecule has 7 nitrogen and oxygen atoms in total. The summed E-state index contributed by atoms with van der Waals surface area (Å²) in [5.74, 6) is 0. The Kier molecular flexibility index (Phi) is 5.79. The van der Waals surface area contributed by atoms with Gasteiger partial charge in [0, 0.05) is 6.04 Å². The molecular formula is C14H21NO6S2. The maximum Gasteiger partial charge on any atom is 0.297 e. The summed E-state index contributed by atoms with van der Waals surface area (Å²) < 4.78 is 59.4. The Labute approximate surface area is 137 Å². The van der Waals surface area contributed by atoms with E-state index in [2.05, 4.69) is 4.72 Å². The Morgan fingerprint density at radius 2 is 1.83 bits per heavy atom. The minimum Gasteiger partial charge on any atom is -0.374 e. The highest BCUT2D eigenvalue weighted by atomic mass is 32.2. The van der Waals surface area contributed by atoms with Crippen LogP contribution in [0.4, 0.5) is 0 Å². The minimum atomic E-state index is -3.81. The van der Waals surface area contributed by atoms with Crippen molar-refractivity contribution in [3.05, 3.63) is 29.8 Å². The van der Waals surface area contributed by atoms with Gasteiger partial charge in [-0.15, -0.1) is 0 Å². The summed E-state index contributed by atoms with van der Waals surface area (Å²) in [6, 6.07) is 6.12. The van der Waals surface area contributed by atoms with Gasteiger partial charge in [-0.25, -0.2) is 13.1 Å². The number of aryl methyl sites for hydroxylation is 1. The molecule has 1 N–H and O–H groups in total. The van der Waals surface area contributed by atoms with Crippen molar-refractivity contribution < 1.29 is 25.8 Å². The van der Waals surface area contributed by atoms with E-state index in [1.54, 1.807) is 12.1 Å². The van der Waals surface area contributed by atoms with Crippen LogP contribution in [0.1, 0.15) is 18.4 Å². The highest BCUT2D eigenvalue weighted by molar-refractivity contribution is 7.88. The fourth-order valence-corrected chi connectivity index (χ4v) is 4.00. The SMILES string of the molecule is Cc1ccc(S(=O)(=O)OC[C@@H]2CC[C@@H](NS(C)(=O)=O)CO2)cc1. The minimum absolute atomic E-state index is 0.0815. The van der Waals surface area contributed by atoms with Gasteiger partial charge >= 0.3 is 0 Å². The summed E-state index contributed by atoms with van der Waals surface area (Å²) >= 11 is 0. The first kappa shape index (κ1) is 18.3. The van der Waals surface area contributed by atoms with Crippen LogP contribution in [0.5, 0.6) is 0 Å². The summed E-state index contributed by atoms with van der Waals surface area (Å²) in [6.45, 7) is 1.99. The van der Waals surface area contributed by atoms with E-state index in [4.69, 9.17) is 8.92 Å². The van der Waals surface area contributed by atoms with Gasteiger partial charge < -0.3 is 4.74 Å². The third kappa shape index (κ3) is 5.85. The van der Waals surface area contributed by atoms with Crippen LogP contribution in [0.3, 0.4) is 0 Å². The molecule has 1 aliphatic rings. The fourth-order valence-electron chi connectivity index (χ4n) is 2.27. The molecule has 0 radical (unpaired) electrons. The predicted octanol–water partition coefficient (Wildman–Crippen LogP) is 0.797. The Hall–Kier alpha value is -1.00. The van der Waals surface area contributed by atoms with Gasteiger partial charge in [0.05, 0.1) is 30.5 Å². The lowest BCUT2D eigenvalue weighted by Crippen LogP contribution is -2.43. The molecule has 1 heterocycles. The Morgan fingerprint density at radius 3 is 2.35 bits per heavy atom. The van der Waals surface area contributed by atoms with Crippen LogP contribution in [0.15, 0.2) is 29.2 Å². The summed E-state index contributed by atoms with van der Waals surface area (Å²) in [5, 5.41) is 0. The van der Waals surface area contributed by atoms with E-state index in [9.17, 15) is 16.8 Å².